The van der Waals surface area contributed by atoms with Crippen LogP contribution in [0.15, 0.2) is 12.1 Å². The van der Waals surface area contributed by atoms with E-state index in [0.29, 0.717) is 30.1 Å². The van der Waals surface area contributed by atoms with Crippen molar-refractivity contribution in [1.29, 1.82) is 0 Å². The zero-order valence-corrected chi connectivity index (χ0v) is 11.1. The molecule has 1 aromatic carbocycles. The minimum Gasteiger partial charge on any atom is -0.493 e. The average Bonchev–Trinajstić information content (AvgIpc) is 2.42. The molecule has 0 radical (unpaired) electrons. The maximum absolute atomic E-state index is 8.84. The number of aliphatic hydroxyl groups excluding tert-OH is 1. The first-order valence-corrected chi connectivity index (χ1v) is 5.84. The van der Waals surface area contributed by atoms with E-state index in [1.807, 2.05) is 6.07 Å². The highest BCUT2D eigenvalue weighted by molar-refractivity contribution is 5.56. The Morgan fingerprint density at radius 2 is 1.78 bits per heavy atom. The Kier molecular flexibility index (Phi) is 5.74. The minimum absolute atomic E-state index is 0.128. The Bertz CT molecular complexity index is 381. The van der Waals surface area contributed by atoms with Crippen LogP contribution in [0.25, 0.3) is 0 Å². The molecule has 0 spiro atoms. The summed E-state index contributed by atoms with van der Waals surface area (Å²) in [6, 6.07) is 3.46. The summed E-state index contributed by atoms with van der Waals surface area (Å²) in [7, 11) is 4.70. The second kappa shape index (κ2) is 7.08. The molecule has 3 N–H and O–H groups in total. The quantitative estimate of drug-likeness (QED) is 0.772. The van der Waals surface area contributed by atoms with Crippen LogP contribution in [0.5, 0.6) is 17.2 Å². The van der Waals surface area contributed by atoms with Crippen molar-refractivity contribution in [2.45, 2.75) is 18.9 Å². The van der Waals surface area contributed by atoms with Gasteiger partial charge in [0.05, 0.1) is 21.3 Å². The minimum atomic E-state index is -0.202. The Hall–Kier alpha value is -1.46. The van der Waals surface area contributed by atoms with Gasteiger partial charge in [0.25, 0.3) is 0 Å². The largest absolute Gasteiger partial charge is 0.493 e. The molecule has 102 valence electrons. The van der Waals surface area contributed by atoms with E-state index in [1.165, 1.54) is 0 Å². The van der Waals surface area contributed by atoms with E-state index in [2.05, 4.69) is 0 Å². The van der Waals surface area contributed by atoms with Crippen LogP contribution in [0.3, 0.4) is 0 Å². The van der Waals surface area contributed by atoms with Gasteiger partial charge < -0.3 is 25.1 Å². The molecular weight excluding hydrogens is 234 g/mol. The van der Waals surface area contributed by atoms with Crippen molar-refractivity contribution in [3.05, 3.63) is 17.7 Å². The van der Waals surface area contributed by atoms with E-state index in [4.69, 9.17) is 25.1 Å². The highest BCUT2D eigenvalue weighted by Crippen LogP contribution is 2.42. The fourth-order valence-electron chi connectivity index (χ4n) is 1.88. The molecule has 5 heteroatoms. The fourth-order valence-corrected chi connectivity index (χ4v) is 1.88. The predicted molar refractivity (Wildman–Crippen MR) is 69.3 cm³/mol. The van der Waals surface area contributed by atoms with Crippen molar-refractivity contribution in [3.63, 3.8) is 0 Å². The van der Waals surface area contributed by atoms with E-state index in [9.17, 15) is 0 Å². The van der Waals surface area contributed by atoms with Crippen molar-refractivity contribution < 1.29 is 19.3 Å². The summed E-state index contributed by atoms with van der Waals surface area (Å²) in [6.45, 7) is 0.128. The molecule has 1 atom stereocenters. The van der Waals surface area contributed by atoms with Gasteiger partial charge in [-0.05, 0) is 25.0 Å². The molecule has 0 bridgehead atoms. The van der Waals surface area contributed by atoms with Gasteiger partial charge >= 0.3 is 0 Å². The van der Waals surface area contributed by atoms with Crippen LogP contribution in [0.2, 0.25) is 0 Å². The monoisotopic (exact) mass is 255 g/mol. The highest BCUT2D eigenvalue weighted by Gasteiger charge is 2.19. The molecule has 1 rings (SSSR count). The molecule has 0 aromatic heterocycles. The van der Waals surface area contributed by atoms with Crippen molar-refractivity contribution in [2.24, 2.45) is 5.73 Å². The maximum atomic E-state index is 8.84. The summed E-state index contributed by atoms with van der Waals surface area (Å²) >= 11 is 0. The number of methoxy groups -OCH3 is 3. The fraction of sp³-hybridized carbons (Fsp3) is 0.538. The molecule has 0 saturated carbocycles. The number of hydrogen-bond donors (Lipinski definition) is 2. The SMILES string of the molecule is COc1ccc([C@H](N)CCCO)c(OC)c1OC. The summed E-state index contributed by atoms with van der Waals surface area (Å²) in [5.41, 5.74) is 6.94. The smallest absolute Gasteiger partial charge is 0.203 e. The van der Waals surface area contributed by atoms with E-state index >= 15 is 0 Å². The summed E-state index contributed by atoms with van der Waals surface area (Å²) < 4.78 is 15.9. The Morgan fingerprint density at radius 1 is 1.11 bits per heavy atom. The van der Waals surface area contributed by atoms with Gasteiger partial charge in [0.15, 0.2) is 11.5 Å². The zero-order valence-electron chi connectivity index (χ0n) is 11.1. The standard InChI is InChI=1S/C13H21NO4/c1-16-11-7-6-9(10(14)5-4-8-15)12(17-2)13(11)18-3/h6-7,10,15H,4-5,8,14H2,1-3H3/t10-/m1/s1. The topological polar surface area (TPSA) is 73.9 Å². The first-order valence-electron chi connectivity index (χ1n) is 5.84. The average molecular weight is 255 g/mol. The molecule has 5 nitrogen and oxygen atoms in total. The lowest BCUT2D eigenvalue weighted by atomic mass is 10.0. The van der Waals surface area contributed by atoms with Crippen molar-refractivity contribution in [1.82, 2.24) is 0 Å². The van der Waals surface area contributed by atoms with Crippen LogP contribution < -0.4 is 19.9 Å². The molecule has 0 aliphatic carbocycles. The number of aliphatic hydroxyl groups is 1. The molecular formula is C13H21NO4. The summed E-state index contributed by atoms with van der Waals surface area (Å²) in [5, 5.41) is 8.84. The maximum Gasteiger partial charge on any atom is 0.203 e. The van der Waals surface area contributed by atoms with Crippen LogP contribution in [-0.2, 0) is 0 Å². The third-order valence-electron chi connectivity index (χ3n) is 2.81. The molecule has 0 amide bonds. The predicted octanol–water partition coefficient (Wildman–Crippen LogP) is 1.48. The van der Waals surface area contributed by atoms with Crippen LogP contribution in [0.4, 0.5) is 0 Å². The number of ether oxygens (including phenoxy) is 3. The second-order valence-corrected chi connectivity index (χ2v) is 3.90. The second-order valence-electron chi connectivity index (χ2n) is 3.90. The van der Waals surface area contributed by atoms with Gasteiger partial charge in [0.2, 0.25) is 5.75 Å². The van der Waals surface area contributed by atoms with E-state index < -0.39 is 0 Å². The first-order chi connectivity index (χ1) is 8.69. The first kappa shape index (κ1) is 14.6. The van der Waals surface area contributed by atoms with Crippen molar-refractivity contribution in [2.75, 3.05) is 27.9 Å². The van der Waals surface area contributed by atoms with Gasteiger partial charge in [-0.25, -0.2) is 0 Å². The van der Waals surface area contributed by atoms with Crippen LogP contribution in [0, 0.1) is 0 Å². The highest BCUT2D eigenvalue weighted by atomic mass is 16.5. The molecule has 18 heavy (non-hydrogen) atoms. The number of hydrogen-bond acceptors (Lipinski definition) is 5. The van der Waals surface area contributed by atoms with E-state index in [-0.39, 0.29) is 12.6 Å². The molecule has 0 saturated heterocycles. The zero-order chi connectivity index (χ0) is 13.5. The van der Waals surface area contributed by atoms with E-state index in [0.717, 1.165) is 5.56 Å². The van der Waals surface area contributed by atoms with Crippen molar-refractivity contribution >= 4 is 0 Å². The summed E-state index contributed by atoms with van der Waals surface area (Å²) in [5.74, 6) is 1.73. The van der Waals surface area contributed by atoms with Crippen molar-refractivity contribution in [3.8, 4) is 17.2 Å². The Balaban J connectivity index is 3.11. The van der Waals surface area contributed by atoms with Gasteiger partial charge in [-0.2, -0.15) is 0 Å². The Morgan fingerprint density at radius 3 is 2.28 bits per heavy atom. The third-order valence-corrected chi connectivity index (χ3v) is 2.81. The Labute approximate surface area is 107 Å². The third kappa shape index (κ3) is 3.05. The van der Waals surface area contributed by atoms with Gasteiger partial charge in [0.1, 0.15) is 0 Å². The number of rotatable bonds is 7. The number of benzene rings is 1. The van der Waals surface area contributed by atoms with E-state index in [1.54, 1.807) is 27.4 Å². The van der Waals surface area contributed by atoms with Crippen LogP contribution in [-0.4, -0.2) is 33.0 Å². The van der Waals surface area contributed by atoms with Gasteiger partial charge in [-0.3, -0.25) is 0 Å². The molecule has 0 unspecified atom stereocenters. The molecule has 0 aliphatic rings. The van der Waals surface area contributed by atoms with Gasteiger partial charge in [-0.15, -0.1) is 0 Å². The lowest BCUT2D eigenvalue weighted by molar-refractivity contribution is 0.278. The molecule has 0 heterocycles. The van der Waals surface area contributed by atoms with Gasteiger partial charge in [0, 0.05) is 18.2 Å². The van der Waals surface area contributed by atoms with Crippen LogP contribution >= 0.6 is 0 Å². The number of nitrogens with two attached hydrogens (primary N) is 1. The van der Waals surface area contributed by atoms with Gasteiger partial charge in [-0.1, -0.05) is 0 Å². The molecule has 1 aromatic rings. The summed E-state index contributed by atoms with van der Waals surface area (Å²) in [4.78, 5) is 0. The lowest BCUT2D eigenvalue weighted by Crippen LogP contribution is -2.13. The molecule has 0 aliphatic heterocycles. The van der Waals surface area contributed by atoms with Crippen LogP contribution in [0.1, 0.15) is 24.4 Å². The normalized spacial score (nSPS) is 12.1. The summed E-state index contributed by atoms with van der Waals surface area (Å²) in [6.07, 6.45) is 1.33. The lowest BCUT2D eigenvalue weighted by Gasteiger charge is -2.19. The molecule has 0 fully saturated rings.